The Labute approximate surface area is 188 Å². The van der Waals surface area contributed by atoms with Gasteiger partial charge in [0.05, 0.1) is 11.2 Å². The van der Waals surface area contributed by atoms with E-state index in [1.165, 1.54) is 13.1 Å². The number of pyridine rings is 2. The molecule has 0 radical (unpaired) electrons. The molecule has 4 rings (SSSR count). The maximum Gasteiger partial charge on any atom is 0.269 e. The molecule has 0 spiro atoms. The lowest BCUT2D eigenvalue weighted by molar-refractivity contribution is 0.0957. The minimum atomic E-state index is -0.696. The highest BCUT2D eigenvalue weighted by molar-refractivity contribution is 6.32. The van der Waals surface area contributed by atoms with E-state index in [0.717, 1.165) is 0 Å². The van der Waals surface area contributed by atoms with Crippen LogP contribution in [0.4, 0.5) is 14.5 Å². The van der Waals surface area contributed by atoms with E-state index in [2.05, 4.69) is 20.2 Å². The summed E-state index contributed by atoms with van der Waals surface area (Å²) < 4.78 is 29.5. The number of amides is 1. The zero-order valence-corrected chi connectivity index (χ0v) is 18.4. The lowest BCUT2D eigenvalue weighted by Crippen LogP contribution is -2.46. The van der Waals surface area contributed by atoms with Gasteiger partial charge >= 0.3 is 0 Å². The number of rotatable bonds is 4. The molecule has 0 aliphatic carbocycles. The van der Waals surface area contributed by atoms with E-state index in [9.17, 15) is 14.0 Å². The number of piperazine rings is 1. The van der Waals surface area contributed by atoms with E-state index < -0.39 is 23.2 Å². The first kappa shape index (κ1) is 22.2. The van der Waals surface area contributed by atoms with Crippen molar-refractivity contribution in [2.24, 2.45) is 0 Å². The second-order valence-electron chi connectivity index (χ2n) is 7.70. The fourth-order valence-electron chi connectivity index (χ4n) is 3.94. The second kappa shape index (κ2) is 8.84. The predicted octanol–water partition coefficient (Wildman–Crippen LogP) is 2.84. The van der Waals surface area contributed by atoms with Crippen LogP contribution in [0, 0.1) is 18.7 Å². The Morgan fingerprint density at radius 2 is 1.91 bits per heavy atom. The fraction of sp³-hybridized carbons (Fsp3) is 0.318. The van der Waals surface area contributed by atoms with Gasteiger partial charge in [0.15, 0.2) is 5.82 Å². The van der Waals surface area contributed by atoms with E-state index in [0.29, 0.717) is 54.9 Å². The first-order chi connectivity index (χ1) is 15.3. The van der Waals surface area contributed by atoms with Crippen molar-refractivity contribution in [3.63, 3.8) is 0 Å². The monoisotopic (exact) mass is 461 g/mol. The summed E-state index contributed by atoms with van der Waals surface area (Å²) in [6.07, 6.45) is 0. The summed E-state index contributed by atoms with van der Waals surface area (Å²) in [6, 6.07) is 6.50. The number of aromatic nitrogens is 2. The Balaban J connectivity index is 1.47. The van der Waals surface area contributed by atoms with Crippen LogP contribution in [-0.4, -0.2) is 54.0 Å². The molecule has 1 aliphatic heterocycles. The van der Waals surface area contributed by atoms with Crippen molar-refractivity contribution in [1.82, 2.24) is 20.2 Å². The molecule has 168 valence electrons. The zero-order valence-electron chi connectivity index (χ0n) is 17.6. The summed E-state index contributed by atoms with van der Waals surface area (Å²) in [5.74, 6) is -1.61. The molecule has 1 fully saturated rings. The number of fused-ring (bicyclic) bond motifs is 1. The highest BCUT2D eigenvalue weighted by Gasteiger charge is 2.23. The minimum absolute atomic E-state index is 0.0220. The number of aryl methyl sites for hydroxylation is 1. The van der Waals surface area contributed by atoms with Gasteiger partial charge in [0.25, 0.3) is 11.5 Å². The number of anilines is 1. The van der Waals surface area contributed by atoms with Gasteiger partial charge in [-0.1, -0.05) is 23.7 Å². The summed E-state index contributed by atoms with van der Waals surface area (Å²) in [5.41, 5.74) is 0.998. The molecule has 2 N–H and O–H groups in total. The maximum atomic E-state index is 15.1. The Bertz CT molecular complexity index is 1260. The molecule has 10 heteroatoms. The molecule has 1 saturated heterocycles. The first-order valence-electron chi connectivity index (χ1n) is 10.2. The molecule has 7 nitrogen and oxygen atoms in total. The quantitative estimate of drug-likeness (QED) is 0.584. The first-order valence-corrected chi connectivity index (χ1v) is 10.5. The minimum Gasteiger partial charge on any atom is -0.365 e. The number of aromatic amines is 1. The number of carbonyl (C=O) groups is 1. The molecule has 2 aromatic heterocycles. The molecule has 0 bridgehead atoms. The van der Waals surface area contributed by atoms with Crippen molar-refractivity contribution >= 4 is 34.1 Å². The topological polar surface area (TPSA) is 81.3 Å². The number of nitrogens with one attached hydrogen (secondary N) is 2. The Hall–Kier alpha value is -3.04. The Morgan fingerprint density at radius 3 is 2.56 bits per heavy atom. The zero-order chi connectivity index (χ0) is 23.0. The molecule has 0 unspecified atom stereocenters. The van der Waals surface area contributed by atoms with Gasteiger partial charge in [0, 0.05) is 50.7 Å². The Kier molecular flexibility index (Phi) is 6.12. The van der Waals surface area contributed by atoms with Gasteiger partial charge in [-0.05, 0) is 24.6 Å². The normalized spacial score (nSPS) is 14.7. The molecule has 3 heterocycles. The van der Waals surface area contributed by atoms with Gasteiger partial charge in [0.1, 0.15) is 10.7 Å². The molecule has 1 aromatic carbocycles. The average Bonchev–Trinajstić information content (AvgIpc) is 2.80. The van der Waals surface area contributed by atoms with E-state index in [1.54, 1.807) is 25.1 Å². The van der Waals surface area contributed by atoms with Crippen molar-refractivity contribution < 1.29 is 13.6 Å². The van der Waals surface area contributed by atoms with E-state index in [4.69, 9.17) is 11.6 Å². The highest BCUT2D eigenvalue weighted by Crippen LogP contribution is 2.26. The number of halogens is 3. The third-order valence-electron chi connectivity index (χ3n) is 5.79. The van der Waals surface area contributed by atoms with Crippen LogP contribution in [0.3, 0.4) is 0 Å². The molecule has 1 aliphatic rings. The number of hydrogen-bond donors (Lipinski definition) is 2. The smallest absolute Gasteiger partial charge is 0.269 e. The lowest BCUT2D eigenvalue weighted by Gasteiger charge is -2.36. The largest absolute Gasteiger partial charge is 0.365 e. The molecular formula is C22H22ClF2N5O2. The summed E-state index contributed by atoms with van der Waals surface area (Å²) in [6.45, 7) is 4.27. The Morgan fingerprint density at radius 1 is 1.19 bits per heavy atom. The van der Waals surface area contributed by atoms with Crippen LogP contribution in [0.5, 0.6) is 0 Å². The molecule has 0 saturated carbocycles. The van der Waals surface area contributed by atoms with Crippen molar-refractivity contribution in [3.8, 4) is 0 Å². The number of hydrogen-bond acceptors (Lipinski definition) is 5. The molecule has 32 heavy (non-hydrogen) atoms. The standard InChI is InChI=1S/C22H22ClF2N5O2/c1-12-14-4-3-13(18(24)19(14)28-22(32)17(12)23)11-29-7-9-30(10-8-29)16-6-5-15(21(31)26-2)27-20(16)25/h3-6H,7-11H2,1-2H3,(H,26,31)(H,28,32). The third kappa shape index (κ3) is 4.05. The predicted molar refractivity (Wildman–Crippen MR) is 119 cm³/mol. The number of carbonyl (C=O) groups excluding carboxylic acids is 1. The molecule has 1 amide bonds. The van der Waals surface area contributed by atoms with Crippen LogP contribution in [0.15, 0.2) is 29.1 Å². The van der Waals surface area contributed by atoms with Gasteiger partial charge in [-0.3, -0.25) is 14.5 Å². The van der Waals surface area contributed by atoms with Crippen LogP contribution in [0.2, 0.25) is 5.02 Å². The maximum absolute atomic E-state index is 15.1. The van der Waals surface area contributed by atoms with Crippen molar-refractivity contribution in [2.45, 2.75) is 13.5 Å². The average molecular weight is 462 g/mol. The summed E-state index contributed by atoms with van der Waals surface area (Å²) in [7, 11) is 1.46. The van der Waals surface area contributed by atoms with E-state index >= 15 is 4.39 Å². The number of nitrogens with zero attached hydrogens (tertiary/aromatic N) is 3. The van der Waals surface area contributed by atoms with Crippen molar-refractivity contribution in [1.29, 1.82) is 0 Å². The van der Waals surface area contributed by atoms with Crippen LogP contribution >= 0.6 is 11.6 Å². The molecule has 0 atom stereocenters. The van der Waals surface area contributed by atoms with Crippen molar-refractivity contribution in [3.05, 3.63) is 68.2 Å². The van der Waals surface area contributed by atoms with E-state index in [1.807, 2.05) is 4.90 Å². The van der Waals surface area contributed by atoms with Crippen molar-refractivity contribution in [2.75, 3.05) is 38.1 Å². The third-order valence-corrected chi connectivity index (χ3v) is 6.24. The lowest BCUT2D eigenvalue weighted by atomic mass is 10.1. The van der Waals surface area contributed by atoms with Crippen LogP contribution < -0.4 is 15.8 Å². The van der Waals surface area contributed by atoms with Gasteiger partial charge in [-0.2, -0.15) is 4.39 Å². The van der Waals surface area contributed by atoms with Crippen LogP contribution in [-0.2, 0) is 6.54 Å². The fourth-order valence-corrected chi connectivity index (χ4v) is 4.09. The van der Waals surface area contributed by atoms with Gasteiger partial charge in [0.2, 0.25) is 5.95 Å². The molecule has 3 aromatic rings. The number of benzene rings is 1. The van der Waals surface area contributed by atoms with Crippen LogP contribution in [0.1, 0.15) is 21.6 Å². The summed E-state index contributed by atoms with van der Waals surface area (Å²) >= 11 is 5.98. The summed E-state index contributed by atoms with van der Waals surface area (Å²) in [5, 5.41) is 3.05. The van der Waals surface area contributed by atoms with Gasteiger partial charge in [-0.25, -0.2) is 9.37 Å². The second-order valence-corrected chi connectivity index (χ2v) is 8.08. The molecular weight excluding hydrogens is 440 g/mol. The number of H-pyrrole nitrogens is 1. The highest BCUT2D eigenvalue weighted by atomic mass is 35.5. The van der Waals surface area contributed by atoms with Crippen LogP contribution in [0.25, 0.3) is 10.9 Å². The van der Waals surface area contributed by atoms with Gasteiger partial charge in [-0.15, -0.1) is 0 Å². The van der Waals surface area contributed by atoms with E-state index in [-0.39, 0.29) is 16.2 Å². The van der Waals surface area contributed by atoms with Gasteiger partial charge < -0.3 is 15.2 Å². The SMILES string of the molecule is CNC(=O)c1ccc(N2CCN(Cc3ccc4c(C)c(Cl)c(=O)[nH]c4c3F)CC2)c(F)n1. The summed E-state index contributed by atoms with van der Waals surface area (Å²) in [4.78, 5) is 33.8.